The van der Waals surface area contributed by atoms with Crippen molar-refractivity contribution in [2.75, 3.05) is 0 Å². The minimum atomic E-state index is 0. The number of nitrogens with one attached hydrogen (secondary N) is 1. The Morgan fingerprint density at radius 3 is 2.67 bits per heavy atom. The average molecular weight is 170 g/mol. The Hall–Kier alpha value is -0.0800. The molecule has 3 rings (SSSR count). The van der Waals surface area contributed by atoms with Gasteiger partial charge in [0.05, 0.1) is 0 Å². The Kier molecular flexibility index (Phi) is 2.13. The van der Waals surface area contributed by atoms with Crippen molar-refractivity contribution in [3.05, 3.63) is 0 Å². The third-order valence-electron chi connectivity index (χ3n) is 3.42. The van der Waals surface area contributed by atoms with Crippen molar-refractivity contribution in [3.8, 4) is 0 Å². The van der Waals surface area contributed by atoms with E-state index >= 15 is 0 Å². The van der Waals surface area contributed by atoms with E-state index in [9.17, 15) is 0 Å². The summed E-state index contributed by atoms with van der Waals surface area (Å²) >= 11 is 0. The lowest BCUT2D eigenvalue weighted by molar-refractivity contribution is -0.0830. The molecule has 0 spiro atoms. The molecule has 2 bridgehead atoms. The van der Waals surface area contributed by atoms with Crippen LogP contribution in [0.3, 0.4) is 0 Å². The van der Waals surface area contributed by atoms with Gasteiger partial charge in [0.15, 0.2) is 0 Å². The molecule has 1 saturated carbocycles. The molecule has 0 aromatic rings. The Morgan fingerprint density at radius 2 is 2.17 bits per heavy atom. The van der Waals surface area contributed by atoms with Crippen LogP contribution in [-0.4, -0.2) is 23.1 Å². The maximum Gasteiger partial charge on any atom is 0.0253 e. The number of nitrogens with zero attached hydrogens (tertiary/aromatic N) is 1. The summed E-state index contributed by atoms with van der Waals surface area (Å²) in [6.45, 7) is 6.84. The molecule has 1 aliphatic carbocycles. The van der Waals surface area contributed by atoms with Crippen LogP contribution in [0.1, 0.15) is 41.5 Å². The second-order valence-electron chi connectivity index (χ2n) is 4.53. The third kappa shape index (κ3) is 1.17. The van der Waals surface area contributed by atoms with Gasteiger partial charge in [0.2, 0.25) is 0 Å². The van der Waals surface area contributed by atoms with Crippen LogP contribution in [0.4, 0.5) is 0 Å². The zero-order chi connectivity index (χ0) is 8.72. The van der Waals surface area contributed by atoms with Gasteiger partial charge in [-0.15, -0.1) is 0 Å². The molecular formula is C10H22N2. The van der Waals surface area contributed by atoms with E-state index in [4.69, 9.17) is 0 Å². The molecule has 72 valence electrons. The van der Waals surface area contributed by atoms with Crippen LogP contribution < -0.4 is 5.43 Å². The van der Waals surface area contributed by atoms with Crippen molar-refractivity contribution in [3.63, 3.8) is 0 Å². The van der Waals surface area contributed by atoms with E-state index in [2.05, 4.69) is 31.2 Å². The van der Waals surface area contributed by atoms with Gasteiger partial charge in [0, 0.05) is 19.6 Å². The average Bonchev–Trinajstić information content (AvgIpc) is 2.01. The molecule has 12 heavy (non-hydrogen) atoms. The predicted molar refractivity (Wildman–Crippen MR) is 52.8 cm³/mol. The summed E-state index contributed by atoms with van der Waals surface area (Å²) in [5, 5.41) is 2.47. The molecule has 2 heteroatoms. The zero-order valence-corrected chi connectivity index (χ0v) is 8.38. The summed E-state index contributed by atoms with van der Waals surface area (Å²) in [5.41, 5.74) is 3.64. The second-order valence-corrected chi connectivity index (χ2v) is 4.53. The summed E-state index contributed by atoms with van der Waals surface area (Å²) in [6.07, 6.45) is 4.15. The van der Waals surface area contributed by atoms with Crippen LogP contribution in [-0.2, 0) is 0 Å². The smallest absolute Gasteiger partial charge is 0.0253 e. The minimum Gasteiger partial charge on any atom is -0.251 e. The van der Waals surface area contributed by atoms with Crippen molar-refractivity contribution < 1.29 is 1.43 Å². The molecule has 0 unspecified atom stereocenters. The summed E-state index contributed by atoms with van der Waals surface area (Å²) in [7, 11) is 0. The van der Waals surface area contributed by atoms with Crippen molar-refractivity contribution in [1.82, 2.24) is 10.4 Å². The molecule has 1 N–H and O–H groups in total. The number of fused-ring (bicyclic) bond motifs is 2. The number of hydrazine groups is 1. The molecule has 0 amide bonds. The first-order valence-electron chi connectivity index (χ1n) is 5.27. The van der Waals surface area contributed by atoms with E-state index in [1.807, 2.05) is 0 Å². The molecule has 2 nitrogen and oxygen atoms in total. The lowest BCUT2D eigenvalue weighted by Gasteiger charge is -2.55. The Bertz CT molecular complexity index is 166. The first-order chi connectivity index (χ1) is 5.72. The molecule has 2 saturated heterocycles. The van der Waals surface area contributed by atoms with Gasteiger partial charge >= 0.3 is 0 Å². The van der Waals surface area contributed by atoms with E-state index in [1.54, 1.807) is 0 Å². The van der Waals surface area contributed by atoms with Gasteiger partial charge in [0.1, 0.15) is 0 Å². The van der Waals surface area contributed by atoms with Gasteiger partial charge in [-0.25, -0.2) is 5.01 Å². The van der Waals surface area contributed by atoms with E-state index in [1.165, 1.54) is 19.3 Å². The maximum atomic E-state index is 3.64. The molecule has 3 aliphatic rings. The molecule has 2 aliphatic heterocycles. The quantitative estimate of drug-likeness (QED) is 0.682. The highest BCUT2D eigenvalue weighted by Gasteiger charge is 2.44. The largest absolute Gasteiger partial charge is 0.251 e. The highest BCUT2D eigenvalue weighted by atomic mass is 15.6. The number of hydrogen-bond donors (Lipinski definition) is 1. The molecule has 0 aromatic carbocycles. The molecule has 3 fully saturated rings. The highest BCUT2D eigenvalue weighted by Crippen LogP contribution is 2.39. The molecule has 0 aromatic heterocycles. The van der Waals surface area contributed by atoms with Crippen LogP contribution in [0, 0.1) is 5.92 Å². The van der Waals surface area contributed by atoms with Gasteiger partial charge in [-0.05, 0) is 39.0 Å². The van der Waals surface area contributed by atoms with Crippen LogP contribution in [0.2, 0.25) is 0 Å². The van der Waals surface area contributed by atoms with E-state index < -0.39 is 0 Å². The minimum absolute atomic E-state index is 0. The first-order valence-corrected chi connectivity index (χ1v) is 5.27. The zero-order valence-electron chi connectivity index (χ0n) is 8.38. The molecule has 2 heterocycles. The lowest BCUT2D eigenvalue weighted by atomic mass is 9.72. The van der Waals surface area contributed by atoms with Crippen molar-refractivity contribution in [2.24, 2.45) is 5.92 Å². The van der Waals surface area contributed by atoms with Crippen molar-refractivity contribution in [2.45, 2.75) is 58.2 Å². The van der Waals surface area contributed by atoms with Crippen LogP contribution in [0.5, 0.6) is 0 Å². The Balaban J connectivity index is 0.000000845. The van der Waals surface area contributed by atoms with Gasteiger partial charge in [-0.1, -0.05) is 6.92 Å². The SMILES string of the molecule is CC[C@H]1NN(C(C)C)C2CC1C2.[HH]. The van der Waals surface area contributed by atoms with E-state index in [0.29, 0.717) is 6.04 Å². The van der Waals surface area contributed by atoms with Crippen molar-refractivity contribution >= 4 is 0 Å². The van der Waals surface area contributed by atoms with Crippen molar-refractivity contribution in [1.29, 1.82) is 0 Å². The maximum absolute atomic E-state index is 3.64. The number of hydrogen-bond acceptors (Lipinski definition) is 2. The highest BCUT2D eigenvalue weighted by molar-refractivity contribution is 4.97. The normalized spacial score (nSPS) is 41.5. The summed E-state index contributed by atoms with van der Waals surface area (Å²) in [6, 6.07) is 2.26. The topological polar surface area (TPSA) is 15.3 Å². The third-order valence-corrected chi connectivity index (χ3v) is 3.42. The monoisotopic (exact) mass is 170 g/mol. The summed E-state index contributed by atoms with van der Waals surface area (Å²) < 4.78 is 0. The van der Waals surface area contributed by atoms with E-state index in [-0.39, 0.29) is 1.43 Å². The molecule has 0 radical (unpaired) electrons. The molecule has 1 atom stereocenters. The van der Waals surface area contributed by atoms with E-state index in [0.717, 1.165) is 18.0 Å². The lowest BCUT2D eigenvalue weighted by Crippen LogP contribution is -2.67. The summed E-state index contributed by atoms with van der Waals surface area (Å²) in [5.74, 6) is 0.981. The van der Waals surface area contributed by atoms with Gasteiger partial charge in [0.25, 0.3) is 0 Å². The Labute approximate surface area is 76.8 Å². The van der Waals surface area contributed by atoms with Gasteiger partial charge < -0.3 is 0 Å². The fraction of sp³-hybridized carbons (Fsp3) is 1.00. The predicted octanol–water partition coefficient (Wildman–Crippen LogP) is 2.02. The fourth-order valence-electron chi connectivity index (χ4n) is 2.58. The van der Waals surface area contributed by atoms with Crippen LogP contribution in [0.25, 0.3) is 0 Å². The van der Waals surface area contributed by atoms with Crippen LogP contribution in [0.15, 0.2) is 0 Å². The Morgan fingerprint density at radius 1 is 1.50 bits per heavy atom. The fourth-order valence-corrected chi connectivity index (χ4v) is 2.58. The van der Waals surface area contributed by atoms with Gasteiger partial charge in [-0.3, -0.25) is 5.43 Å². The van der Waals surface area contributed by atoms with Gasteiger partial charge in [-0.2, -0.15) is 0 Å². The standard InChI is InChI=1S/C10H20N2.H2/c1-4-10-8-5-9(6-8)12(11-10)7(2)3;/h7-11H,4-6H2,1-3H3;1H/t8?,9?,10-;/m1./s1. The van der Waals surface area contributed by atoms with Crippen LogP contribution >= 0.6 is 0 Å². The first kappa shape index (κ1) is 8.52. The second kappa shape index (κ2) is 3.00. The summed E-state index contributed by atoms with van der Waals surface area (Å²) in [4.78, 5) is 0. The molecular weight excluding hydrogens is 148 g/mol. The number of rotatable bonds is 2.